The van der Waals surface area contributed by atoms with E-state index in [9.17, 15) is 28.8 Å². The van der Waals surface area contributed by atoms with Crippen molar-refractivity contribution in [3.8, 4) is 0 Å². The molecule has 1 aliphatic heterocycles. The molecular weight excluding hydrogens is 416 g/mol. The second kappa shape index (κ2) is 8.18. The number of ketones is 2. The number of benzene rings is 2. The van der Waals surface area contributed by atoms with E-state index < -0.39 is 42.1 Å². The van der Waals surface area contributed by atoms with Crippen molar-refractivity contribution in [2.75, 3.05) is 11.9 Å². The second-order valence-corrected chi connectivity index (χ2v) is 7.43. The minimum Gasteiger partial charge on any atom is -0.451 e. The van der Waals surface area contributed by atoms with Crippen LogP contribution in [0.4, 0.5) is 5.69 Å². The number of carbonyl (C=O) groups excluding carboxylic acids is 6. The zero-order valence-electron chi connectivity index (χ0n) is 17.0. The van der Waals surface area contributed by atoms with Crippen LogP contribution in [0.25, 0.3) is 0 Å². The quantitative estimate of drug-likeness (QED) is 0.476. The van der Waals surface area contributed by atoms with E-state index >= 15 is 0 Å². The van der Waals surface area contributed by atoms with Gasteiger partial charge in [-0.05, 0) is 13.0 Å². The van der Waals surface area contributed by atoms with Crippen molar-refractivity contribution in [1.29, 1.82) is 0 Å². The molecule has 3 amide bonds. The van der Waals surface area contributed by atoms with Crippen molar-refractivity contribution in [3.05, 3.63) is 64.7 Å². The van der Waals surface area contributed by atoms with Gasteiger partial charge in [-0.3, -0.25) is 33.7 Å². The molecule has 4 rings (SSSR count). The minimum atomic E-state index is -1.27. The molecule has 0 spiro atoms. The molecule has 2 aromatic carbocycles. The number of rotatable bonds is 5. The average Bonchev–Trinajstić information content (AvgIpc) is 3.09. The maximum atomic E-state index is 13.0. The number of ether oxygens (including phenoxy) is 1. The highest BCUT2D eigenvalue weighted by Crippen LogP contribution is 2.32. The number of imide groups is 1. The standard InChI is InChI=1S/C23H18N2O7/c1-12(32-19(28)11-25-17(26)9-10-18(25)27)23(31)24-16-8-4-7-15-20(16)22(30)14-6-3-2-5-13(14)21(15)29/h2-8,12H,9-11H2,1H3,(H,24,31). The third-order valence-corrected chi connectivity index (χ3v) is 5.33. The number of hydrogen-bond donors (Lipinski definition) is 1. The van der Waals surface area contributed by atoms with Crippen LogP contribution in [0.2, 0.25) is 0 Å². The van der Waals surface area contributed by atoms with Gasteiger partial charge in [0.05, 0.1) is 11.3 Å². The van der Waals surface area contributed by atoms with Crippen LogP contribution in [0.3, 0.4) is 0 Å². The van der Waals surface area contributed by atoms with Crippen molar-refractivity contribution in [3.63, 3.8) is 0 Å². The summed E-state index contributed by atoms with van der Waals surface area (Å²) in [6.45, 7) is 0.748. The first kappa shape index (κ1) is 21.1. The lowest BCUT2D eigenvalue weighted by Gasteiger charge is -2.21. The number of hydrogen-bond acceptors (Lipinski definition) is 7. The number of esters is 1. The van der Waals surface area contributed by atoms with Crippen LogP contribution in [0.1, 0.15) is 51.6 Å². The molecule has 2 aromatic rings. The van der Waals surface area contributed by atoms with Crippen molar-refractivity contribution >= 4 is 40.9 Å². The van der Waals surface area contributed by atoms with Crippen molar-refractivity contribution in [2.45, 2.75) is 25.9 Å². The predicted molar refractivity (Wildman–Crippen MR) is 110 cm³/mol. The van der Waals surface area contributed by atoms with E-state index in [0.29, 0.717) is 5.56 Å². The van der Waals surface area contributed by atoms with Gasteiger partial charge in [0, 0.05) is 29.5 Å². The topological polar surface area (TPSA) is 127 Å². The SMILES string of the molecule is CC(OC(=O)CN1C(=O)CCC1=O)C(=O)Nc1cccc2c1C(=O)c1ccccc1C2=O. The van der Waals surface area contributed by atoms with Crippen LogP contribution in [0, 0.1) is 0 Å². The van der Waals surface area contributed by atoms with Gasteiger partial charge in [-0.1, -0.05) is 36.4 Å². The molecule has 0 radical (unpaired) electrons. The Morgan fingerprint density at radius 3 is 2.16 bits per heavy atom. The fourth-order valence-electron chi connectivity index (χ4n) is 3.70. The summed E-state index contributed by atoms with van der Waals surface area (Å²) >= 11 is 0. The Kier molecular flexibility index (Phi) is 5.40. The number of nitrogens with zero attached hydrogens (tertiary/aromatic N) is 1. The van der Waals surface area contributed by atoms with Crippen molar-refractivity contribution in [2.24, 2.45) is 0 Å². The summed E-state index contributed by atoms with van der Waals surface area (Å²) in [7, 11) is 0. The monoisotopic (exact) mass is 434 g/mol. The van der Waals surface area contributed by atoms with E-state index in [0.717, 1.165) is 4.90 Å². The van der Waals surface area contributed by atoms with E-state index in [1.807, 2.05) is 0 Å². The van der Waals surface area contributed by atoms with Crippen molar-refractivity contribution < 1.29 is 33.5 Å². The smallest absolute Gasteiger partial charge is 0.326 e. The van der Waals surface area contributed by atoms with Crippen LogP contribution in [0.5, 0.6) is 0 Å². The molecule has 1 atom stereocenters. The molecule has 1 fully saturated rings. The fraction of sp³-hybridized carbons (Fsp3) is 0.217. The lowest BCUT2D eigenvalue weighted by Crippen LogP contribution is -2.38. The summed E-state index contributed by atoms with van der Waals surface area (Å²) in [6.07, 6.45) is -1.19. The van der Waals surface area contributed by atoms with Gasteiger partial charge in [-0.25, -0.2) is 0 Å². The molecular formula is C23H18N2O7. The Labute approximate surface area is 182 Å². The maximum absolute atomic E-state index is 13.0. The summed E-state index contributed by atoms with van der Waals surface area (Å²) in [5.74, 6) is -3.31. The highest BCUT2D eigenvalue weighted by molar-refractivity contribution is 6.30. The molecule has 2 aliphatic rings. The molecule has 0 saturated carbocycles. The van der Waals surface area contributed by atoms with Gasteiger partial charge in [0.1, 0.15) is 6.54 Å². The third kappa shape index (κ3) is 3.68. The molecule has 1 aliphatic carbocycles. The van der Waals surface area contributed by atoms with Gasteiger partial charge in [0.2, 0.25) is 11.8 Å². The molecule has 1 N–H and O–H groups in total. The zero-order valence-corrected chi connectivity index (χ0v) is 17.0. The number of fused-ring (bicyclic) bond motifs is 2. The lowest BCUT2D eigenvalue weighted by atomic mass is 9.83. The molecule has 1 unspecified atom stereocenters. The minimum absolute atomic E-state index is 0.0388. The summed E-state index contributed by atoms with van der Waals surface area (Å²) in [4.78, 5) is 74.5. The molecule has 0 aromatic heterocycles. The van der Waals surface area contributed by atoms with E-state index in [2.05, 4.69) is 5.32 Å². The van der Waals surface area contributed by atoms with Crippen molar-refractivity contribution in [1.82, 2.24) is 4.90 Å². The largest absolute Gasteiger partial charge is 0.451 e. The predicted octanol–water partition coefficient (Wildman–Crippen LogP) is 1.48. The molecule has 9 heteroatoms. The number of amides is 3. The number of nitrogens with one attached hydrogen (secondary N) is 1. The van der Waals surface area contributed by atoms with E-state index in [1.165, 1.54) is 25.1 Å². The number of likely N-dealkylation sites (tertiary alicyclic amines) is 1. The van der Waals surface area contributed by atoms with Gasteiger partial charge in [0.15, 0.2) is 17.7 Å². The highest BCUT2D eigenvalue weighted by Gasteiger charge is 2.33. The first-order chi connectivity index (χ1) is 15.3. The van der Waals surface area contributed by atoms with Gasteiger partial charge in [-0.15, -0.1) is 0 Å². The van der Waals surface area contributed by atoms with Gasteiger partial charge >= 0.3 is 5.97 Å². The summed E-state index contributed by atoms with van der Waals surface area (Å²) < 4.78 is 5.04. The molecule has 162 valence electrons. The first-order valence-corrected chi connectivity index (χ1v) is 9.93. The second-order valence-electron chi connectivity index (χ2n) is 7.43. The molecule has 9 nitrogen and oxygen atoms in total. The normalized spacial score (nSPS) is 15.8. The molecule has 32 heavy (non-hydrogen) atoms. The molecule has 1 heterocycles. The zero-order chi connectivity index (χ0) is 23.0. The average molecular weight is 434 g/mol. The van der Waals surface area contributed by atoms with Crippen LogP contribution in [-0.2, 0) is 23.9 Å². The van der Waals surface area contributed by atoms with Crippen LogP contribution >= 0.6 is 0 Å². The summed E-state index contributed by atoms with van der Waals surface area (Å²) in [6, 6.07) is 11.0. The fourth-order valence-corrected chi connectivity index (χ4v) is 3.70. The highest BCUT2D eigenvalue weighted by atomic mass is 16.5. The summed E-state index contributed by atoms with van der Waals surface area (Å²) in [5.41, 5.74) is 0.889. The van der Waals surface area contributed by atoms with E-state index in [1.54, 1.807) is 24.3 Å². The first-order valence-electron chi connectivity index (χ1n) is 9.93. The lowest BCUT2D eigenvalue weighted by molar-refractivity contribution is -0.158. The Balaban J connectivity index is 1.49. The summed E-state index contributed by atoms with van der Waals surface area (Å²) in [5, 5.41) is 2.53. The Hall–Kier alpha value is -4.14. The molecule has 1 saturated heterocycles. The Bertz CT molecular complexity index is 1180. The Morgan fingerprint density at radius 2 is 1.50 bits per heavy atom. The van der Waals surface area contributed by atoms with Crippen LogP contribution < -0.4 is 5.32 Å². The molecule has 0 bridgehead atoms. The van der Waals surface area contributed by atoms with Gasteiger partial charge in [-0.2, -0.15) is 0 Å². The van der Waals surface area contributed by atoms with Crippen LogP contribution in [-0.4, -0.2) is 52.8 Å². The van der Waals surface area contributed by atoms with Crippen LogP contribution in [0.15, 0.2) is 42.5 Å². The number of carbonyl (C=O) groups is 6. The maximum Gasteiger partial charge on any atom is 0.326 e. The third-order valence-electron chi connectivity index (χ3n) is 5.33. The van der Waals surface area contributed by atoms with E-state index in [-0.39, 0.29) is 41.0 Å². The van der Waals surface area contributed by atoms with E-state index in [4.69, 9.17) is 4.74 Å². The van der Waals surface area contributed by atoms with Gasteiger partial charge in [0.25, 0.3) is 5.91 Å². The number of anilines is 1. The van der Waals surface area contributed by atoms with Gasteiger partial charge < -0.3 is 10.1 Å². The Morgan fingerprint density at radius 1 is 0.906 bits per heavy atom.